The number of nitrogens with zero attached hydrogens (tertiary/aromatic N) is 5. The molecule has 2 saturated heterocycles. The number of carbonyl (C=O) groups is 1. The van der Waals surface area contributed by atoms with Gasteiger partial charge < -0.3 is 19.7 Å². The van der Waals surface area contributed by atoms with Crippen LogP contribution in [0.2, 0.25) is 0 Å². The summed E-state index contributed by atoms with van der Waals surface area (Å²) >= 11 is 2.23. The number of fused-ring (bicyclic) bond motifs is 1. The van der Waals surface area contributed by atoms with Crippen molar-refractivity contribution < 1.29 is 14.3 Å². The van der Waals surface area contributed by atoms with E-state index in [1.807, 2.05) is 31.6 Å². The van der Waals surface area contributed by atoms with Crippen LogP contribution in [-0.4, -0.2) is 57.2 Å². The van der Waals surface area contributed by atoms with E-state index in [9.17, 15) is 4.79 Å². The Hall–Kier alpha value is -1.69. The van der Waals surface area contributed by atoms with Crippen LogP contribution in [0.15, 0.2) is 6.20 Å². The molecule has 1 saturated carbocycles. The minimum Gasteiger partial charge on any atom is -0.444 e. The summed E-state index contributed by atoms with van der Waals surface area (Å²) in [5.74, 6) is 0.871. The molecule has 3 aliphatic rings. The zero-order valence-electron chi connectivity index (χ0n) is 19.6. The van der Waals surface area contributed by atoms with Gasteiger partial charge in [-0.25, -0.2) is 19.4 Å². The van der Waals surface area contributed by atoms with Gasteiger partial charge in [-0.1, -0.05) is 6.42 Å². The first-order valence-corrected chi connectivity index (χ1v) is 13.1. The Bertz CT molecular complexity index is 1030. The van der Waals surface area contributed by atoms with E-state index in [0.717, 1.165) is 85.3 Å². The molecule has 0 radical (unpaired) electrons. The van der Waals surface area contributed by atoms with E-state index in [1.54, 1.807) is 0 Å². The number of anilines is 1. The van der Waals surface area contributed by atoms with Crippen molar-refractivity contribution in [3.63, 3.8) is 0 Å². The van der Waals surface area contributed by atoms with E-state index in [2.05, 4.69) is 32.8 Å². The Morgan fingerprint density at radius 1 is 1.27 bits per heavy atom. The van der Waals surface area contributed by atoms with E-state index in [-0.39, 0.29) is 23.8 Å². The minimum atomic E-state index is -0.495. The summed E-state index contributed by atoms with van der Waals surface area (Å²) in [6, 6.07) is 0.121. The fourth-order valence-corrected chi connectivity index (χ4v) is 6.14. The van der Waals surface area contributed by atoms with Crippen LogP contribution in [0.3, 0.4) is 0 Å². The number of alkyl carbamates (subject to hydrolysis) is 1. The number of aromatic nitrogens is 4. The summed E-state index contributed by atoms with van der Waals surface area (Å²) in [6.45, 7) is 8.21. The van der Waals surface area contributed by atoms with E-state index >= 15 is 0 Å². The van der Waals surface area contributed by atoms with Crippen LogP contribution in [0.4, 0.5) is 10.6 Å². The van der Waals surface area contributed by atoms with E-state index < -0.39 is 5.60 Å². The molecule has 4 heterocycles. The maximum Gasteiger partial charge on any atom is 0.407 e. The molecule has 9 nitrogen and oxygen atoms in total. The molecule has 5 rings (SSSR count). The van der Waals surface area contributed by atoms with Crippen LogP contribution in [-0.2, 0) is 9.47 Å². The lowest BCUT2D eigenvalue weighted by atomic mass is 9.81. The van der Waals surface area contributed by atoms with Crippen LogP contribution in [0.1, 0.15) is 71.9 Å². The largest absolute Gasteiger partial charge is 0.444 e. The van der Waals surface area contributed by atoms with Crippen LogP contribution in [0, 0.1) is 9.12 Å². The van der Waals surface area contributed by atoms with Crippen LogP contribution in [0.25, 0.3) is 11.2 Å². The van der Waals surface area contributed by atoms with Crippen molar-refractivity contribution in [3.05, 3.63) is 9.90 Å². The molecule has 180 valence electrons. The highest BCUT2D eigenvalue weighted by molar-refractivity contribution is 14.1. The summed E-state index contributed by atoms with van der Waals surface area (Å²) in [4.78, 5) is 24.5. The molecule has 1 aliphatic carbocycles. The maximum atomic E-state index is 12.5. The molecule has 3 atom stereocenters. The average molecular weight is 568 g/mol. The Kier molecular flexibility index (Phi) is 6.17. The number of ether oxygens (including phenoxy) is 2. The second kappa shape index (κ2) is 8.83. The van der Waals surface area contributed by atoms with E-state index in [1.165, 1.54) is 0 Å². The van der Waals surface area contributed by atoms with Gasteiger partial charge in [-0.2, -0.15) is 5.10 Å². The van der Waals surface area contributed by atoms with Gasteiger partial charge in [-0.05, 0) is 81.9 Å². The lowest BCUT2D eigenvalue weighted by Gasteiger charge is -2.32. The summed E-state index contributed by atoms with van der Waals surface area (Å²) in [5, 5.41) is 7.87. The number of nitrogens with one attached hydrogen (secondary N) is 1. The standard InChI is InChI=1S/C23H33IN6O3/c1-22(2,3)33-21(31)26-15-7-6-9-23(15)10-11-29(14-23)16-13-25-18-19(24)28-30(20(18)27-16)17-8-4-5-12-32-17/h13,15,17H,4-12,14H2,1-3H3,(H,26,31). The Morgan fingerprint density at radius 2 is 2.12 bits per heavy atom. The third-order valence-electron chi connectivity index (χ3n) is 7.08. The van der Waals surface area contributed by atoms with Crippen LogP contribution < -0.4 is 10.2 Å². The first-order valence-electron chi connectivity index (χ1n) is 12.0. The molecule has 1 amide bonds. The second-order valence-corrected chi connectivity index (χ2v) is 11.6. The first-order chi connectivity index (χ1) is 15.7. The highest BCUT2D eigenvalue weighted by Crippen LogP contribution is 2.46. The van der Waals surface area contributed by atoms with Crippen molar-refractivity contribution in [2.24, 2.45) is 5.41 Å². The molecule has 33 heavy (non-hydrogen) atoms. The summed E-state index contributed by atoms with van der Waals surface area (Å²) in [6.07, 6.45) is 8.88. The van der Waals surface area contributed by atoms with Gasteiger partial charge in [0.05, 0.1) is 6.20 Å². The lowest BCUT2D eigenvalue weighted by molar-refractivity contribution is -0.0372. The minimum absolute atomic E-state index is 0.0503. The molecule has 3 fully saturated rings. The summed E-state index contributed by atoms with van der Waals surface area (Å²) in [7, 11) is 0. The van der Waals surface area contributed by atoms with Gasteiger partial charge in [0.15, 0.2) is 15.6 Å². The van der Waals surface area contributed by atoms with Crippen LogP contribution >= 0.6 is 22.6 Å². The number of rotatable bonds is 3. The molecule has 1 N–H and O–H groups in total. The number of amides is 1. The third kappa shape index (κ3) is 4.65. The SMILES string of the molecule is CC(C)(C)OC(=O)NC1CCCC12CCN(c1cnc3c(I)nn(C4CCCCO4)c3n1)C2. The molecule has 3 unspecified atom stereocenters. The molecule has 2 aromatic rings. The number of halogens is 1. The highest BCUT2D eigenvalue weighted by atomic mass is 127. The quantitative estimate of drug-likeness (QED) is 0.549. The predicted octanol–water partition coefficient (Wildman–Crippen LogP) is 4.40. The first kappa shape index (κ1) is 23.1. The fourth-order valence-electron chi connectivity index (χ4n) is 5.53. The van der Waals surface area contributed by atoms with Crippen molar-refractivity contribution in [1.29, 1.82) is 0 Å². The fraction of sp³-hybridized carbons (Fsp3) is 0.739. The summed E-state index contributed by atoms with van der Waals surface area (Å²) in [5.41, 5.74) is 1.17. The molecular formula is C23H33IN6O3. The molecule has 0 bridgehead atoms. The van der Waals surface area contributed by atoms with E-state index in [0.29, 0.717) is 0 Å². The van der Waals surface area contributed by atoms with E-state index in [4.69, 9.17) is 24.5 Å². The highest BCUT2D eigenvalue weighted by Gasteiger charge is 2.48. The van der Waals surface area contributed by atoms with Gasteiger partial charge in [0.25, 0.3) is 0 Å². The topological polar surface area (TPSA) is 94.4 Å². The van der Waals surface area contributed by atoms with Crippen molar-refractivity contribution in [2.75, 3.05) is 24.6 Å². The second-order valence-electron chi connectivity index (χ2n) is 10.6. The predicted molar refractivity (Wildman–Crippen MR) is 133 cm³/mol. The number of carbonyl (C=O) groups excluding carboxylic acids is 1. The molecule has 10 heteroatoms. The van der Waals surface area contributed by atoms with Gasteiger partial charge in [0, 0.05) is 31.2 Å². The molecule has 1 spiro atoms. The van der Waals surface area contributed by atoms with Crippen molar-refractivity contribution in [2.45, 2.75) is 83.6 Å². The van der Waals surface area contributed by atoms with Gasteiger partial charge in [-0.15, -0.1) is 0 Å². The number of hydrogen-bond acceptors (Lipinski definition) is 7. The average Bonchev–Trinajstić information content (AvgIpc) is 3.46. The summed E-state index contributed by atoms with van der Waals surface area (Å²) < 4.78 is 14.3. The van der Waals surface area contributed by atoms with Gasteiger partial charge in [0.1, 0.15) is 16.9 Å². The normalized spacial score (nSPS) is 28.1. The Balaban J connectivity index is 1.35. The van der Waals surface area contributed by atoms with Crippen molar-refractivity contribution >= 4 is 45.7 Å². The van der Waals surface area contributed by atoms with Crippen LogP contribution in [0.5, 0.6) is 0 Å². The molecule has 0 aromatic carbocycles. The van der Waals surface area contributed by atoms with Gasteiger partial charge >= 0.3 is 6.09 Å². The molecule has 2 aliphatic heterocycles. The smallest absolute Gasteiger partial charge is 0.407 e. The van der Waals surface area contributed by atoms with Gasteiger partial charge in [-0.3, -0.25) is 0 Å². The van der Waals surface area contributed by atoms with Crippen molar-refractivity contribution in [1.82, 2.24) is 25.1 Å². The number of hydrogen-bond donors (Lipinski definition) is 1. The van der Waals surface area contributed by atoms with Crippen molar-refractivity contribution in [3.8, 4) is 0 Å². The maximum absolute atomic E-state index is 12.5. The Labute approximate surface area is 208 Å². The molecular weight excluding hydrogens is 535 g/mol. The Morgan fingerprint density at radius 3 is 2.88 bits per heavy atom. The third-order valence-corrected chi connectivity index (χ3v) is 7.81. The molecule has 2 aromatic heterocycles. The monoisotopic (exact) mass is 568 g/mol. The van der Waals surface area contributed by atoms with Gasteiger partial charge in [0.2, 0.25) is 0 Å². The lowest BCUT2D eigenvalue weighted by Crippen LogP contribution is -2.47. The zero-order valence-corrected chi connectivity index (χ0v) is 21.8. The zero-order chi connectivity index (χ0) is 23.2.